The zero-order chi connectivity index (χ0) is 15.5. The predicted octanol–water partition coefficient (Wildman–Crippen LogP) is 1.96. The lowest BCUT2D eigenvalue weighted by molar-refractivity contribution is -0.122. The van der Waals surface area contributed by atoms with Crippen LogP contribution >= 0.6 is 0 Å². The Kier molecular flexibility index (Phi) is 4.22. The van der Waals surface area contributed by atoms with Gasteiger partial charge in [0.05, 0.1) is 0 Å². The molecule has 0 fully saturated rings. The minimum Gasteiger partial charge on any atom is -0.352 e. The maximum absolute atomic E-state index is 12.2. The highest BCUT2D eigenvalue weighted by Crippen LogP contribution is 2.15. The van der Waals surface area contributed by atoms with E-state index in [4.69, 9.17) is 0 Å². The number of carbonyl (C=O) groups is 1. The largest absolute Gasteiger partial charge is 0.352 e. The Hall–Kier alpha value is -2.17. The second-order valence-corrected chi connectivity index (χ2v) is 6.07. The molecule has 0 saturated carbocycles. The number of aryl methyl sites for hydroxylation is 4. The normalized spacial score (nSPS) is 17.1. The Morgan fingerprint density at radius 1 is 1.36 bits per heavy atom. The Bertz CT molecular complexity index is 677. The molecule has 22 heavy (non-hydrogen) atoms. The SMILES string of the molecule is Cc1cccc(CCC(=O)N[C@H]2CCc3nnc(C)n3C2)c1. The molecule has 0 saturated heterocycles. The summed E-state index contributed by atoms with van der Waals surface area (Å²) in [5, 5.41) is 11.4. The standard InChI is InChI=1S/C17H22N4O/c1-12-4-3-5-14(10-12)6-9-17(22)18-15-7-8-16-20-19-13(2)21(16)11-15/h3-5,10,15H,6-9,11H2,1-2H3,(H,18,22)/t15-/m0/s1. The van der Waals surface area contributed by atoms with Crippen LogP contribution in [0.5, 0.6) is 0 Å². The van der Waals surface area contributed by atoms with E-state index in [9.17, 15) is 4.79 Å². The van der Waals surface area contributed by atoms with E-state index in [1.54, 1.807) is 0 Å². The molecule has 5 heteroatoms. The van der Waals surface area contributed by atoms with Gasteiger partial charge in [-0.2, -0.15) is 0 Å². The van der Waals surface area contributed by atoms with E-state index >= 15 is 0 Å². The third kappa shape index (κ3) is 3.35. The number of aromatic nitrogens is 3. The minimum atomic E-state index is 0.126. The molecule has 1 aromatic carbocycles. The van der Waals surface area contributed by atoms with Gasteiger partial charge in [0.25, 0.3) is 0 Å². The van der Waals surface area contributed by atoms with Crippen LogP contribution in [0.15, 0.2) is 24.3 Å². The molecule has 1 aromatic heterocycles. The fourth-order valence-corrected chi connectivity index (χ4v) is 3.01. The monoisotopic (exact) mass is 298 g/mol. The van der Waals surface area contributed by atoms with Crippen LogP contribution in [0.3, 0.4) is 0 Å². The molecule has 1 amide bonds. The van der Waals surface area contributed by atoms with Crippen LogP contribution in [0.25, 0.3) is 0 Å². The number of nitrogens with zero attached hydrogens (tertiary/aromatic N) is 3. The molecule has 5 nitrogen and oxygen atoms in total. The lowest BCUT2D eigenvalue weighted by Gasteiger charge is -2.25. The average Bonchev–Trinajstić information content (AvgIpc) is 2.87. The van der Waals surface area contributed by atoms with E-state index in [0.717, 1.165) is 37.5 Å². The topological polar surface area (TPSA) is 59.8 Å². The summed E-state index contributed by atoms with van der Waals surface area (Å²) in [4.78, 5) is 12.2. The van der Waals surface area contributed by atoms with E-state index in [1.807, 2.05) is 13.0 Å². The van der Waals surface area contributed by atoms with Crippen LogP contribution in [0, 0.1) is 13.8 Å². The van der Waals surface area contributed by atoms with Crippen LogP contribution in [0.1, 0.15) is 35.6 Å². The van der Waals surface area contributed by atoms with E-state index < -0.39 is 0 Å². The number of rotatable bonds is 4. The van der Waals surface area contributed by atoms with Gasteiger partial charge < -0.3 is 9.88 Å². The molecule has 0 spiro atoms. The van der Waals surface area contributed by atoms with Gasteiger partial charge in [0.1, 0.15) is 11.6 Å². The van der Waals surface area contributed by atoms with Crippen molar-refractivity contribution >= 4 is 5.91 Å². The predicted molar refractivity (Wildman–Crippen MR) is 84.5 cm³/mol. The summed E-state index contributed by atoms with van der Waals surface area (Å²) in [6.45, 7) is 4.81. The summed E-state index contributed by atoms with van der Waals surface area (Å²) in [5.41, 5.74) is 2.46. The zero-order valence-electron chi connectivity index (χ0n) is 13.2. The molecule has 3 rings (SSSR count). The summed E-state index contributed by atoms with van der Waals surface area (Å²) in [7, 11) is 0. The van der Waals surface area contributed by atoms with Crippen molar-refractivity contribution < 1.29 is 4.79 Å². The average molecular weight is 298 g/mol. The van der Waals surface area contributed by atoms with E-state index in [1.165, 1.54) is 11.1 Å². The van der Waals surface area contributed by atoms with Gasteiger partial charge in [0.15, 0.2) is 0 Å². The van der Waals surface area contributed by atoms with Crippen LogP contribution < -0.4 is 5.32 Å². The van der Waals surface area contributed by atoms with Crippen molar-refractivity contribution in [3.8, 4) is 0 Å². The number of fused-ring (bicyclic) bond motifs is 1. The van der Waals surface area contributed by atoms with Crippen molar-refractivity contribution in [2.45, 2.75) is 52.1 Å². The molecule has 0 unspecified atom stereocenters. The first kappa shape index (κ1) is 14.8. The summed E-state index contributed by atoms with van der Waals surface area (Å²) in [5.74, 6) is 2.08. The zero-order valence-corrected chi connectivity index (χ0v) is 13.2. The first-order valence-electron chi connectivity index (χ1n) is 7.85. The number of hydrogen-bond donors (Lipinski definition) is 1. The Morgan fingerprint density at radius 3 is 3.05 bits per heavy atom. The highest BCUT2D eigenvalue weighted by Gasteiger charge is 2.22. The molecule has 1 N–H and O–H groups in total. The van der Waals surface area contributed by atoms with Crippen LogP contribution in [0.2, 0.25) is 0 Å². The van der Waals surface area contributed by atoms with Gasteiger partial charge in [-0.15, -0.1) is 10.2 Å². The Labute approximate surface area is 130 Å². The van der Waals surface area contributed by atoms with Crippen molar-refractivity contribution in [2.75, 3.05) is 0 Å². The number of nitrogens with one attached hydrogen (secondary N) is 1. The van der Waals surface area contributed by atoms with E-state index in [2.05, 4.69) is 45.2 Å². The molecule has 1 atom stereocenters. The second-order valence-electron chi connectivity index (χ2n) is 6.07. The van der Waals surface area contributed by atoms with Crippen molar-refractivity contribution in [1.29, 1.82) is 0 Å². The summed E-state index contributed by atoms with van der Waals surface area (Å²) < 4.78 is 2.11. The molecule has 2 aromatic rings. The highest BCUT2D eigenvalue weighted by molar-refractivity contribution is 5.76. The fraction of sp³-hybridized carbons (Fsp3) is 0.471. The molecular weight excluding hydrogens is 276 g/mol. The van der Waals surface area contributed by atoms with Crippen LogP contribution in [0.4, 0.5) is 0 Å². The van der Waals surface area contributed by atoms with Crippen molar-refractivity contribution in [2.24, 2.45) is 0 Å². The lowest BCUT2D eigenvalue weighted by Crippen LogP contribution is -2.41. The van der Waals surface area contributed by atoms with Gasteiger partial charge >= 0.3 is 0 Å². The third-order valence-corrected chi connectivity index (χ3v) is 4.22. The number of hydrogen-bond acceptors (Lipinski definition) is 3. The van der Waals surface area contributed by atoms with E-state index in [-0.39, 0.29) is 11.9 Å². The van der Waals surface area contributed by atoms with Gasteiger partial charge in [-0.1, -0.05) is 29.8 Å². The highest BCUT2D eigenvalue weighted by atomic mass is 16.1. The molecule has 1 aliphatic heterocycles. The third-order valence-electron chi connectivity index (χ3n) is 4.22. The van der Waals surface area contributed by atoms with Gasteiger partial charge in [0.2, 0.25) is 5.91 Å². The minimum absolute atomic E-state index is 0.126. The van der Waals surface area contributed by atoms with Crippen LogP contribution in [-0.2, 0) is 24.2 Å². The molecule has 1 aliphatic rings. The number of amides is 1. The first-order valence-corrected chi connectivity index (χ1v) is 7.85. The van der Waals surface area contributed by atoms with Gasteiger partial charge in [-0.05, 0) is 32.3 Å². The smallest absolute Gasteiger partial charge is 0.220 e. The number of benzene rings is 1. The summed E-state index contributed by atoms with van der Waals surface area (Å²) in [6.07, 6.45) is 3.14. The molecule has 0 radical (unpaired) electrons. The van der Waals surface area contributed by atoms with Crippen molar-refractivity contribution in [3.63, 3.8) is 0 Å². The molecule has 0 bridgehead atoms. The quantitative estimate of drug-likeness (QED) is 0.938. The first-order chi connectivity index (χ1) is 10.6. The number of carbonyl (C=O) groups excluding carboxylic acids is 1. The Morgan fingerprint density at radius 2 is 2.23 bits per heavy atom. The van der Waals surface area contributed by atoms with Crippen molar-refractivity contribution in [3.05, 3.63) is 47.0 Å². The lowest BCUT2D eigenvalue weighted by atomic mass is 10.0. The molecular formula is C17H22N4O. The molecule has 0 aliphatic carbocycles. The summed E-state index contributed by atoms with van der Waals surface area (Å²) >= 11 is 0. The summed E-state index contributed by atoms with van der Waals surface area (Å²) in [6, 6.07) is 8.52. The second kappa shape index (κ2) is 6.30. The van der Waals surface area contributed by atoms with Crippen molar-refractivity contribution in [1.82, 2.24) is 20.1 Å². The maximum atomic E-state index is 12.2. The maximum Gasteiger partial charge on any atom is 0.220 e. The van der Waals surface area contributed by atoms with Gasteiger partial charge in [-0.25, -0.2) is 0 Å². The molecule has 2 heterocycles. The van der Waals surface area contributed by atoms with E-state index in [0.29, 0.717) is 6.42 Å². The Balaban J connectivity index is 1.51. The van der Waals surface area contributed by atoms with Gasteiger partial charge in [-0.3, -0.25) is 4.79 Å². The fourth-order valence-electron chi connectivity index (χ4n) is 3.01. The molecule has 116 valence electrons. The van der Waals surface area contributed by atoms with Gasteiger partial charge in [0, 0.05) is 25.4 Å². The van der Waals surface area contributed by atoms with Crippen LogP contribution in [-0.4, -0.2) is 26.7 Å².